The Morgan fingerprint density at radius 2 is 1.85 bits per heavy atom. The molecule has 0 aromatic carbocycles. The van der Waals surface area contributed by atoms with Crippen LogP contribution in [0.5, 0.6) is 0 Å². The molecule has 0 aromatic rings. The molecule has 1 rings (SSSR count). The van der Waals surface area contributed by atoms with E-state index in [4.69, 9.17) is 0 Å². The van der Waals surface area contributed by atoms with Gasteiger partial charge in [0, 0.05) is 32.7 Å². The number of likely N-dealkylation sites (N-methyl/N-ethyl adjacent to an activating group) is 1. The SMILES string of the molecule is CN1CCN(CCCNC(=O)CNCC(F)(F)F)CC1. The van der Waals surface area contributed by atoms with Gasteiger partial charge < -0.3 is 20.4 Å². The summed E-state index contributed by atoms with van der Waals surface area (Å²) < 4.78 is 35.5. The molecule has 2 N–H and O–H groups in total. The van der Waals surface area contributed by atoms with Crippen molar-refractivity contribution in [2.45, 2.75) is 12.6 Å². The Hall–Kier alpha value is -0.860. The van der Waals surface area contributed by atoms with Crippen molar-refractivity contribution in [3.05, 3.63) is 0 Å². The highest BCUT2D eigenvalue weighted by atomic mass is 19.4. The Kier molecular flexibility index (Phi) is 7.25. The fourth-order valence-electron chi connectivity index (χ4n) is 1.98. The van der Waals surface area contributed by atoms with Crippen molar-refractivity contribution in [3.8, 4) is 0 Å². The van der Waals surface area contributed by atoms with E-state index < -0.39 is 18.6 Å². The zero-order valence-electron chi connectivity index (χ0n) is 11.8. The van der Waals surface area contributed by atoms with Gasteiger partial charge in [-0.25, -0.2) is 0 Å². The van der Waals surface area contributed by atoms with Crippen LogP contribution in [0.25, 0.3) is 0 Å². The normalized spacial score (nSPS) is 18.2. The largest absolute Gasteiger partial charge is 0.401 e. The molecular weight excluding hydrogens is 273 g/mol. The molecule has 0 aliphatic carbocycles. The van der Waals surface area contributed by atoms with Crippen molar-refractivity contribution in [1.82, 2.24) is 20.4 Å². The van der Waals surface area contributed by atoms with Gasteiger partial charge in [-0.1, -0.05) is 0 Å². The molecular formula is C12H23F3N4O. The molecule has 5 nitrogen and oxygen atoms in total. The van der Waals surface area contributed by atoms with E-state index in [1.165, 1.54) is 0 Å². The molecule has 20 heavy (non-hydrogen) atoms. The summed E-state index contributed by atoms with van der Waals surface area (Å²) in [6, 6.07) is 0. The zero-order valence-corrected chi connectivity index (χ0v) is 11.8. The Bertz CT molecular complexity index is 291. The van der Waals surface area contributed by atoms with Crippen LogP contribution in [0, 0.1) is 0 Å². The van der Waals surface area contributed by atoms with E-state index in [1.807, 2.05) is 0 Å². The number of nitrogens with zero attached hydrogens (tertiary/aromatic N) is 2. The van der Waals surface area contributed by atoms with Crippen LogP contribution in [0.1, 0.15) is 6.42 Å². The van der Waals surface area contributed by atoms with E-state index >= 15 is 0 Å². The molecule has 1 amide bonds. The van der Waals surface area contributed by atoms with Gasteiger partial charge in [-0.2, -0.15) is 13.2 Å². The molecule has 8 heteroatoms. The first-order chi connectivity index (χ1) is 9.37. The van der Waals surface area contributed by atoms with Gasteiger partial charge in [0.2, 0.25) is 5.91 Å². The molecule has 1 fully saturated rings. The van der Waals surface area contributed by atoms with E-state index in [0.717, 1.165) is 39.1 Å². The predicted octanol–water partition coefficient (Wildman–Crippen LogP) is -0.108. The summed E-state index contributed by atoms with van der Waals surface area (Å²) in [4.78, 5) is 15.9. The van der Waals surface area contributed by atoms with Crippen molar-refractivity contribution in [2.24, 2.45) is 0 Å². The molecule has 0 bridgehead atoms. The second-order valence-electron chi connectivity index (χ2n) is 5.07. The fraction of sp³-hybridized carbons (Fsp3) is 0.917. The molecule has 1 heterocycles. The van der Waals surface area contributed by atoms with Crippen LogP contribution in [0.4, 0.5) is 13.2 Å². The highest BCUT2D eigenvalue weighted by molar-refractivity contribution is 5.77. The number of nitrogens with one attached hydrogen (secondary N) is 2. The van der Waals surface area contributed by atoms with E-state index in [0.29, 0.717) is 6.54 Å². The minimum Gasteiger partial charge on any atom is -0.355 e. The minimum atomic E-state index is -4.28. The van der Waals surface area contributed by atoms with Gasteiger partial charge in [0.15, 0.2) is 0 Å². The number of piperazine rings is 1. The van der Waals surface area contributed by atoms with Gasteiger partial charge in [-0.15, -0.1) is 0 Å². The molecule has 0 radical (unpaired) electrons. The lowest BCUT2D eigenvalue weighted by atomic mass is 10.3. The zero-order chi connectivity index (χ0) is 15.0. The Morgan fingerprint density at radius 1 is 1.20 bits per heavy atom. The average Bonchev–Trinajstić information content (AvgIpc) is 2.35. The van der Waals surface area contributed by atoms with Crippen LogP contribution in [-0.4, -0.2) is 81.3 Å². The van der Waals surface area contributed by atoms with Gasteiger partial charge in [0.05, 0.1) is 13.1 Å². The third-order valence-corrected chi connectivity index (χ3v) is 3.18. The first-order valence-corrected chi connectivity index (χ1v) is 6.82. The molecule has 1 aliphatic heterocycles. The number of carbonyl (C=O) groups is 1. The Morgan fingerprint density at radius 3 is 2.45 bits per heavy atom. The number of hydrogen-bond donors (Lipinski definition) is 2. The first-order valence-electron chi connectivity index (χ1n) is 6.82. The summed E-state index contributed by atoms with van der Waals surface area (Å²) in [5.74, 6) is -0.396. The van der Waals surface area contributed by atoms with E-state index in [-0.39, 0.29) is 6.54 Å². The molecule has 1 saturated heterocycles. The van der Waals surface area contributed by atoms with E-state index in [2.05, 4.69) is 27.5 Å². The highest BCUT2D eigenvalue weighted by Crippen LogP contribution is 2.11. The van der Waals surface area contributed by atoms with Crippen molar-refractivity contribution >= 4 is 5.91 Å². The van der Waals surface area contributed by atoms with Crippen LogP contribution in [-0.2, 0) is 4.79 Å². The van der Waals surface area contributed by atoms with Crippen molar-refractivity contribution in [2.75, 3.05) is 59.4 Å². The van der Waals surface area contributed by atoms with E-state index in [9.17, 15) is 18.0 Å². The molecule has 1 aliphatic rings. The molecule has 0 unspecified atom stereocenters. The maximum atomic E-state index is 11.8. The third-order valence-electron chi connectivity index (χ3n) is 3.18. The maximum absolute atomic E-state index is 11.8. The summed E-state index contributed by atoms with van der Waals surface area (Å²) in [6.07, 6.45) is -3.46. The third kappa shape index (κ3) is 8.34. The molecule has 0 atom stereocenters. The summed E-state index contributed by atoms with van der Waals surface area (Å²) in [5.41, 5.74) is 0. The number of hydrogen-bond acceptors (Lipinski definition) is 4. The minimum absolute atomic E-state index is 0.298. The number of amides is 1. The van der Waals surface area contributed by atoms with Crippen LogP contribution in [0.3, 0.4) is 0 Å². The molecule has 118 valence electrons. The number of carbonyl (C=O) groups excluding carboxylic acids is 1. The van der Waals surface area contributed by atoms with Crippen molar-refractivity contribution < 1.29 is 18.0 Å². The molecule has 0 saturated carbocycles. The smallest absolute Gasteiger partial charge is 0.355 e. The van der Waals surface area contributed by atoms with Crippen LogP contribution >= 0.6 is 0 Å². The second-order valence-corrected chi connectivity index (χ2v) is 5.07. The average molecular weight is 296 g/mol. The number of alkyl halides is 3. The van der Waals surface area contributed by atoms with Crippen LogP contribution in [0.2, 0.25) is 0 Å². The van der Waals surface area contributed by atoms with Gasteiger partial charge in [-0.3, -0.25) is 4.79 Å². The quantitative estimate of drug-likeness (QED) is 0.644. The fourth-order valence-corrected chi connectivity index (χ4v) is 1.98. The van der Waals surface area contributed by atoms with Crippen molar-refractivity contribution in [1.29, 1.82) is 0 Å². The van der Waals surface area contributed by atoms with Crippen LogP contribution in [0.15, 0.2) is 0 Å². The lowest BCUT2D eigenvalue weighted by Crippen LogP contribution is -2.45. The molecule has 0 aromatic heterocycles. The Balaban J connectivity index is 1.96. The van der Waals surface area contributed by atoms with Gasteiger partial charge >= 0.3 is 6.18 Å². The highest BCUT2D eigenvalue weighted by Gasteiger charge is 2.26. The summed E-state index contributed by atoms with van der Waals surface area (Å²) >= 11 is 0. The summed E-state index contributed by atoms with van der Waals surface area (Å²) in [5, 5.41) is 4.68. The topological polar surface area (TPSA) is 47.6 Å². The van der Waals surface area contributed by atoms with Crippen molar-refractivity contribution in [3.63, 3.8) is 0 Å². The van der Waals surface area contributed by atoms with Crippen LogP contribution < -0.4 is 10.6 Å². The summed E-state index contributed by atoms with van der Waals surface area (Å²) in [7, 11) is 2.09. The maximum Gasteiger partial charge on any atom is 0.401 e. The number of halogens is 3. The number of rotatable bonds is 7. The lowest BCUT2D eigenvalue weighted by Gasteiger charge is -2.32. The van der Waals surface area contributed by atoms with Gasteiger partial charge in [0.1, 0.15) is 0 Å². The van der Waals surface area contributed by atoms with Gasteiger partial charge in [-0.05, 0) is 20.0 Å². The monoisotopic (exact) mass is 296 g/mol. The first kappa shape index (κ1) is 17.2. The van der Waals surface area contributed by atoms with Gasteiger partial charge in [0.25, 0.3) is 0 Å². The standard InChI is InChI=1S/C12H23F3N4O/c1-18-5-7-19(8-6-18)4-2-3-17-11(20)9-16-10-12(13,14)15/h16H,2-10H2,1H3,(H,17,20). The second kappa shape index (κ2) is 8.43. The van der Waals surface area contributed by atoms with E-state index in [1.54, 1.807) is 0 Å². The lowest BCUT2D eigenvalue weighted by molar-refractivity contribution is -0.128. The summed E-state index contributed by atoms with van der Waals surface area (Å²) in [6.45, 7) is 4.12. The molecule has 0 spiro atoms. The Labute approximate surface area is 117 Å². The predicted molar refractivity (Wildman–Crippen MR) is 70.5 cm³/mol.